The maximum atomic E-state index is 5.63. The van der Waals surface area contributed by atoms with E-state index in [0.717, 1.165) is 4.47 Å². The summed E-state index contributed by atoms with van der Waals surface area (Å²) in [6, 6.07) is 1.80. The predicted octanol–water partition coefficient (Wildman–Crippen LogP) is 2.02. The Labute approximate surface area is 87.3 Å². The van der Waals surface area contributed by atoms with Gasteiger partial charge in [-0.1, -0.05) is 0 Å². The minimum atomic E-state index is 0.111. The average Bonchev–Trinajstić information content (AvgIpc) is 2.06. The smallest absolute Gasteiger partial charge is 0.226 e. The van der Waals surface area contributed by atoms with Gasteiger partial charge in [-0.3, -0.25) is 0 Å². The first-order valence-corrected chi connectivity index (χ1v) is 4.58. The zero-order chi connectivity index (χ0) is 9.42. The third-order valence-corrected chi connectivity index (χ3v) is 2.12. The molecule has 2 rings (SSSR count). The summed E-state index contributed by atoms with van der Waals surface area (Å²) < 4.78 is 0.831. The number of rotatable bonds is 0. The molecule has 0 saturated carbocycles. The summed E-state index contributed by atoms with van der Waals surface area (Å²) >= 11 is 8.89. The van der Waals surface area contributed by atoms with E-state index in [1.165, 1.54) is 0 Å². The SMILES string of the molecule is Nc1nc(Cl)nc2ncc(Br)cc12. The molecule has 0 aliphatic rings. The largest absolute Gasteiger partial charge is 0.383 e. The lowest BCUT2D eigenvalue weighted by Gasteiger charge is -2.00. The lowest BCUT2D eigenvalue weighted by atomic mass is 10.3. The van der Waals surface area contributed by atoms with Crippen LogP contribution in [0.3, 0.4) is 0 Å². The highest BCUT2D eigenvalue weighted by molar-refractivity contribution is 9.10. The first-order chi connectivity index (χ1) is 6.16. The van der Waals surface area contributed by atoms with Gasteiger partial charge in [-0.25, -0.2) is 9.97 Å². The van der Waals surface area contributed by atoms with Crippen molar-refractivity contribution in [1.82, 2.24) is 15.0 Å². The van der Waals surface area contributed by atoms with Gasteiger partial charge in [-0.2, -0.15) is 4.98 Å². The van der Waals surface area contributed by atoms with E-state index >= 15 is 0 Å². The molecule has 6 heteroatoms. The van der Waals surface area contributed by atoms with E-state index < -0.39 is 0 Å². The Bertz CT molecular complexity index is 473. The molecule has 4 nitrogen and oxygen atoms in total. The number of nitrogen functional groups attached to an aromatic ring is 1. The standard InChI is InChI=1S/C7H4BrClN4/c8-3-1-4-5(10)12-7(9)13-6(4)11-2-3/h1-2H,(H2,10,11,12,13). The summed E-state index contributed by atoms with van der Waals surface area (Å²) in [6.45, 7) is 0. The maximum Gasteiger partial charge on any atom is 0.226 e. The summed E-state index contributed by atoms with van der Waals surface area (Å²) in [5.74, 6) is 0.337. The number of fused-ring (bicyclic) bond motifs is 1. The Hall–Kier alpha value is -0.940. The van der Waals surface area contributed by atoms with Gasteiger partial charge >= 0.3 is 0 Å². The molecule has 0 spiro atoms. The van der Waals surface area contributed by atoms with Gasteiger partial charge in [0.1, 0.15) is 5.82 Å². The first-order valence-electron chi connectivity index (χ1n) is 3.41. The number of hydrogen-bond acceptors (Lipinski definition) is 4. The van der Waals surface area contributed by atoms with Crippen LogP contribution in [0.2, 0.25) is 5.28 Å². The van der Waals surface area contributed by atoms with Crippen LogP contribution in [-0.4, -0.2) is 15.0 Å². The van der Waals surface area contributed by atoms with Crippen LogP contribution >= 0.6 is 27.5 Å². The molecule has 66 valence electrons. The third kappa shape index (κ3) is 1.57. The zero-order valence-electron chi connectivity index (χ0n) is 6.33. The molecule has 0 bridgehead atoms. The predicted molar refractivity (Wildman–Crippen MR) is 54.5 cm³/mol. The highest BCUT2D eigenvalue weighted by Crippen LogP contribution is 2.21. The van der Waals surface area contributed by atoms with Crippen LogP contribution in [0.25, 0.3) is 11.0 Å². The van der Waals surface area contributed by atoms with Gasteiger partial charge in [0.15, 0.2) is 5.65 Å². The Balaban J connectivity index is 2.87. The monoisotopic (exact) mass is 258 g/mol. The molecular formula is C7H4BrClN4. The van der Waals surface area contributed by atoms with Crippen LogP contribution in [0, 0.1) is 0 Å². The molecule has 0 aliphatic carbocycles. The second kappa shape index (κ2) is 3.08. The van der Waals surface area contributed by atoms with Gasteiger partial charge in [0.25, 0.3) is 0 Å². The molecule has 2 heterocycles. The van der Waals surface area contributed by atoms with E-state index in [2.05, 4.69) is 30.9 Å². The second-order valence-electron chi connectivity index (χ2n) is 2.40. The quantitative estimate of drug-likeness (QED) is 0.735. The normalized spacial score (nSPS) is 10.6. The number of nitrogens with zero attached hydrogens (tertiary/aromatic N) is 3. The summed E-state index contributed by atoms with van der Waals surface area (Å²) in [6.07, 6.45) is 1.63. The van der Waals surface area contributed by atoms with Gasteiger partial charge in [-0.15, -0.1) is 0 Å². The van der Waals surface area contributed by atoms with Crippen LogP contribution in [-0.2, 0) is 0 Å². The van der Waals surface area contributed by atoms with Crippen molar-refractivity contribution in [2.75, 3.05) is 5.73 Å². The average molecular weight is 259 g/mol. The lowest BCUT2D eigenvalue weighted by molar-refractivity contribution is 1.18. The van der Waals surface area contributed by atoms with Crippen molar-refractivity contribution in [2.24, 2.45) is 0 Å². The lowest BCUT2D eigenvalue weighted by Crippen LogP contribution is -1.96. The Kier molecular flexibility index (Phi) is 2.05. The molecular weight excluding hydrogens is 255 g/mol. The topological polar surface area (TPSA) is 64.7 Å². The van der Waals surface area contributed by atoms with Gasteiger partial charge in [0.2, 0.25) is 5.28 Å². The van der Waals surface area contributed by atoms with Crippen molar-refractivity contribution in [3.05, 3.63) is 22.0 Å². The van der Waals surface area contributed by atoms with Crippen LogP contribution in [0.5, 0.6) is 0 Å². The fourth-order valence-electron chi connectivity index (χ4n) is 0.982. The van der Waals surface area contributed by atoms with E-state index in [1.807, 2.05) is 0 Å². The van der Waals surface area contributed by atoms with Crippen molar-refractivity contribution in [3.63, 3.8) is 0 Å². The number of halogens is 2. The summed E-state index contributed by atoms with van der Waals surface area (Å²) in [5, 5.41) is 0.804. The number of hydrogen-bond donors (Lipinski definition) is 1. The van der Waals surface area contributed by atoms with E-state index in [0.29, 0.717) is 16.9 Å². The molecule has 2 aromatic heterocycles. The number of aromatic nitrogens is 3. The molecule has 0 atom stereocenters. The van der Waals surface area contributed by atoms with Crippen molar-refractivity contribution < 1.29 is 0 Å². The molecule has 13 heavy (non-hydrogen) atoms. The van der Waals surface area contributed by atoms with E-state index in [-0.39, 0.29) is 5.28 Å². The Morgan fingerprint density at radius 2 is 2.15 bits per heavy atom. The van der Waals surface area contributed by atoms with Gasteiger partial charge in [-0.05, 0) is 33.6 Å². The van der Waals surface area contributed by atoms with Crippen LogP contribution < -0.4 is 5.73 Å². The summed E-state index contributed by atoms with van der Waals surface area (Å²) in [7, 11) is 0. The third-order valence-electron chi connectivity index (χ3n) is 1.52. The second-order valence-corrected chi connectivity index (χ2v) is 3.66. The van der Waals surface area contributed by atoms with Crippen LogP contribution in [0.1, 0.15) is 0 Å². The summed E-state index contributed by atoms with van der Waals surface area (Å²) in [5.41, 5.74) is 6.13. The minimum absolute atomic E-state index is 0.111. The van der Waals surface area contributed by atoms with Gasteiger partial charge in [0, 0.05) is 10.7 Å². The minimum Gasteiger partial charge on any atom is -0.383 e. The van der Waals surface area contributed by atoms with Gasteiger partial charge in [0.05, 0.1) is 5.39 Å². The van der Waals surface area contributed by atoms with Crippen molar-refractivity contribution in [1.29, 1.82) is 0 Å². The van der Waals surface area contributed by atoms with Crippen LogP contribution in [0.4, 0.5) is 5.82 Å². The summed E-state index contributed by atoms with van der Waals surface area (Å²) in [4.78, 5) is 11.8. The molecule has 2 N–H and O–H groups in total. The Morgan fingerprint density at radius 1 is 1.38 bits per heavy atom. The molecule has 0 amide bonds. The van der Waals surface area contributed by atoms with Crippen molar-refractivity contribution >= 4 is 44.4 Å². The Morgan fingerprint density at radius 3 is 2.92 bits per heavy atom. The molecule has 0 unspecified atom stereocenters. The highest BCUT2D eigenvalue weighted by atomic mass is 79.9. The molecule has 0 aromatic carbocycles. The number of pyridine rings is 1. The zero-order valence-corrected chi connectivity index (χ0v) is 8.67. The molecule has 0 fully saturated rings. The van der Waals surface area contributed by atoms with Crippen LogP contribution in [0.15, 0.2) is 16.7 Å². The fourth-order valence-corrected chi connectivity index (χ4v) is 1.48. The number of nitrogens with two attached hydrogens (primary N) is 1. The molecule has 0 aliphatic heterocycles. The fraction of sp³-hybridized carbons (Fsp3) is 0. The van der Waals surface area contributed by atoms with E-state index in [9.17, 15) is 0 Å². The first kappa shape index (κ1) is 8.65. The van der Waals surface area contributed by atoms with Crippen molar-refractivity contribution in [2.45, 2.75) is 0 Å². The number of anilines is 1. The van der Waals surface area contributed by atoms with Gasteiger partial charge < -0.3 is 5.73 Å². The molecule has 2 aromatic rings. The van der Waals surface area contributed by atoms with E-state index in [4.69, 9.17) is 17.3 Å². The highest BCUT2D eigenvalue weighted by Gasteiger charge is 2.04. The van der Waals surface area contributed by atoms with Crippen molar-refractivity contribution in [3.8, 4) is 0 Å². The molecule has 0 saturated heterocycles. The van der Waals surface area contributed by atoms with E-state index in [1.54, 1.807) is 12.3 Å². The molecule has 0 radical (unpaired) electrons. The maximum absolute atomic E-state index is 5.63.